The highest BCUT2D eigenvalue weighted by Gasteiger charge is 2.19. The summed E-state index contributed by atoms with van der Waals surface area (Å²) >= 11 is 1.41. The quantitative estimate of drug-likeness (QED) is 0.394. The predicted octanol–water partition coefficient (Wildman–Crippen LogP) is 5.60. The van der Waals surface area contributed by atoms with E-state index in [9.17, 15) is 4.79 Å². The zero-order chi connectivity index (χ0) is 19.7. The highest BCUT2D eigenvalue weighted by molar-refractivity contribution is 7.14. The molecule has 4 aromatic rings. The molecule has 0 aliphatic carbocycles. The van der Waals surface area contributed by atoms with E-state index in [1.807, 2.05) is 36.6 Å². The number of pyridine rings is 2. The summed E-state index contributed by atoms with van der Waals surface area (Å²) in [4.78, 5) is 27.4. The molecule has 0 aliphatic heterocycles. The molecule has 3 heterocycles. The zero-order valence-corrected chi connectivity index (χ0v) is 19.0. The maximum absolute atomic E-state index is 12.3. The number of aromatic nitrogens is 3. The van der Waals surface area contributed by atoms with Crippen molar-refractivity contribution in [2.24, 2.45) is 0 Å². The molecule has 0 bridgehead atoms. The Kier molecular flexibility index (Phi) is 7.72. The number of anilines is 2. The normalized spacial score (nSPS) is 10.1. The predicted molar refractivity (Wildman–Crippen MR) is 126 cm³/mol. The second-order valence-corrected chi connectivity index (χ2v) is 7.08. The van der Waals surface area contributed by atoms with E-state index in [4.69, 9.17) is 9.72 Å². The molecule has 156 valence electrons. The number of nitrogens with zero attached hydrogens (tertiary/aromatic N) is 4. The van der Waals surface area contributed by atoms with Gasteiger partial charge in [-0.2, -0.15) is 0 Å². The molecule has 3 aromatic heterocycles. The van der Waals surface area contributed by atoms with Gasteiger partial charge in [-0.1, -0.05) is 18.2 Å². The van der Waals surface area contributed by atoms with Crippen molar-refractivity contribution in [1.82, 2.24) is 15.0 Å². The molecule has 0 aliphatic rings. The van der Waals surface area contributed by atoms with Crippen molar-refractivity contribution < 1.29 is 9.53 Å². The first-order valence-electron chi connectivity index (χ1n) is 8.70. The molecule has 6 nitrogen and oxygen atoms in total. The Bertz CT molecular complexity index is 1170. The first-order valence-corrected chi connectivity index (χ1v) is 9.58. The number of fused-ring (bicyclic) bond motifs is 1. The number of hydrogen-bond acceptors (Lipinski definition) is 6. The Morgan fingerprint density at radius 1 is 1.10 bits per heavy atom. The van der Waals surface area contributed by atoms with Gasteiger partial charge in [0.25, 0.3) is 0 Å². The maximum Gasteiger partial charge on any atom is 0.230 e. The first-order chi connectivity index (χ1) is 13.6. The molecule has 0 fully saturated rings. The van der Waals surface area contributed by atoms with E-state index >= 15 is 0 Å². The van der Waals surface area contributed by atoms with Crippen LogP contribution in [0.1, 0.15) is 12.6 Å². The van der Waals surface area contributed by atoms with E-state index in [1.165, 1.54) is 18.3 Å². The van der Waals surface area contributed by atoms with E-state index in [-0.39, 0.29) is 30.7 Å². The molecule has 0 radical (unpaired) electrons. The Labute approximate surface area is 190 Å². The Morgan fingerprint density at radius 3 is 2.53 bits per heavy atom. The number of carbonyl (C=O) groups excluding carboxylic acids is 1. The lowest BCUT2D eigenvalue weighted by Crippen LogP contribution is -2.22. The number of rotatable bonds is 4. The van der Waals surface area contributed by atoms with E-state index in [1.54, 1.807) is 30.3 Å². The molecule has 0 saturated heterocycles. The van der Waals surface area contributed by atoms with Gasteiger partial charge in [0, 0.05) is 35.0 Å². The second-order valence-electron chi connectivity index (χ2n) is 6.24. The minimum absolute atomic E-state index is 0. The number of amides is 1. The smallest absolute Gasteiger partial charge is 0.230 e. The van der Waals surface area contributed by atoms with Gasteiger partial charge in [0.1, 0.15) is 0 Å². The van der Waals surface area contributed by atoms with Crippen LogP contribution in [-0.4, -0.2) is 28.0 Å². The lowest BCUT2D eigenvalue weighted by molar-refractivity contribution is -0.115. The fourth-order valence-corrected chi connectivity index (χ4v) is 3.90. The molecule has 1 amide bonds. The van der Waals surface area contributed by atoms with Gasteiger partial charge >= 0.3 is 0 Å². The van der Waals surface area contributed by atoms with E-state index in [0.717, 1.165) is 27.9 Å². The van der Waals surface area contributed by atoms with Gasteiger partial charge in [-0.05, 0) is 25.1 Å². The molecular weight excluding hydrogens is 443 g/mol. The summed E-state index contributed by atoms with van der Waals surface area (Å²) in [6.45, 7) is 3.48. The summed E-state index contributed by atoms with van der Waals surface area (Å²) in [6, 6.07) is 13.6. The van der Waals surface area contributed by atoms with Crippen LogP contribution in [0.15, 0.2) is 54.0 Å². The van der Waals surface area contributed by atoms with Crippen LogP contribution in [0.3, 0.4) is 0 Å². The lowest BCUT2D eigenvalue weighted by atomic mass is 10.1. The summed E-state index contributed by atoms with van der Waals surface area (Å²) < 4.78 is 5.09. The van der Waals surface area contributed by atoms with Gasteiger partial charge in [0.15, 0.2) is 5.13 Å². The summed E-state index contributed by atoms with van der Waals surface area (Å²) in [5.74, 6) is 0.353. The number of benzene rings is 1. The second kappa shape index (κ2) is 9.84. The molecule has 4 rings (SSSR count). The fraction of sp³-hybridized carbons (Fsp3) is 0.143. The van der Waals surface area contributed by atoms with Gasteiger partial charge in [-0.25, -0.2) is 9.97 Å². The van der Waals surface area contributed by atoms with Gasteiger partial charge in [0.2, 0.25) is 11.8 Å². The molecule has 30 heavy (non-hydrogen) atoms. The minimum Gasteiger partial charge on any atom is -0.481 e. The van der Waals surface area contributed by atoms with Crippen LogP contribution in [0.2, 0.25) is 0 Å². The monoisotopic (exact) mass is 462 g/mol. The highest BCUT2D eigenvalue weighted by Crippen LogP contribution is 2.34. The summed E-state index contributed by atoms with van der Waals surface area (Å²) in [6.07, 6.45) is 1.60. The largest absolute Gasteiger partial charge is 0.481 e. The van der Waals surface area contributed by atoms with Crippen LogP contribution in [-0.2, 0) is 4.79 Å². The zero-order valence-electron chi connectivity index (χ0n) is 16.5. The van der Waals surface area contributed by atoms with E-state index in [2.05, 4.69) is 16.0 Å². The molecule has 0 spiro atoms. The van der Waals surface area contributed by atoms with Crippen molar-refractivity contribution in [3.63, 3.8) is 0 Å². The number of methoxy groups -OCH3 is 1. The van der Waals surface area contributed by atoms with Crippen molar-refractivity contribution >= 4 is 63.8 Å². The van der Waals surface area contributed by atoms with Gasteiger partial charge in [-0.15, -0.1) is 36.2 Å². The third-order valence-electron chi connectivity index (χ3n) is 4.38. The third-order valence-corrected chi connectivity index (χ3v) is 5.20. The van der Waals surface area contributed by atoms with Crippen molar-refractivity contribution in [3.8, 4) is 17.1 Å². The number of ether oxygens (including phenoxy) is 1. The van der Waals surface area contributed by atoms with Crippen molar-refractivity contribution in [1.29, 1.82) is 0 Å². The fourth-order valence-electron chi connectivity index (χ4n) is 3.01. The topological polar surface area (TPSA) is 68.2 Å². The van der Waals surface area contributed by atoms with Gasteiger partial charge < -0.3 is 4.74 Å². The van der Waals surface area contributed by atoms with Crippen LogP contribution < -0.4 is 9.64 Å². The molecule has 0 unspecified atom stereocenters. The molecule has 0 atom stereocenters. The van der Waals surface area contributed by atoms with Crippen LogP contribution in [0.4, 0.5) is 10.8 Å². The molecule has 1 aromatic carbocycles. The number of aryl methyl sites for hydroxylation is 1. The minimum atomic E-state index is -0.138. The third kappa shape index (κ3) is 4.53. The average molecular weight is 463 g/mol. The standard InChI is InChI=1S/C21H18N4O2S.2ClH/c1-13-17(10-15-6-4-5-7-18(15)23-13)19-12-28-21(24-19)25(14(2)26)16-8-9-20(27-3)22-11-16;;/h4-12H,1-3H3;2*1H. The van der Waals surface area contributed by atoms with Crippen LogP contribution >= 0.6 is 36.2 Å². The van der Waals surface area contributed by atoms with Crippen LogP contribution in [0, 0.1) is 6.92 Å². The highest BCUT2D eigenvalue weighted by atomic mass is 35.5. The molecule has 0 saturated carbocycles. The molecular formula is C21H20Cl2N4O2S. The Balaban J connectivity index is 0.00000160. The summed E-state index contributed by atoms with van der Waals surface area (Å²) in [5, 5.41) is 3.59. The number of hydrogen-bond donors (Lipinski definition) is 0. The van der Waals surface area contributed by atoms with Crippen LogP contribution in [0.25, 0.3) is 22.2 Å². The summed E-state index contributed by atoms with van der Waals surface area (Å²) in [5.41, 5.74) is 4.24. The number of thiazole rings is 1. The number of para-hydroxylation sites is 1. The van der Waals surface area contributed by atoms with E-state index in [0.29, 0.717) is 16.7 Å². The maximum atomic E-state index is 12.3. The van der Waals surface area contributed by atoms with Gasteiger partial charge in [-0.3, -0.25) is 14.7 Å². The molecule has 9 heteroatoms. The Morgan fingerprint density at radius 2 is 1.87 bits per heavy atom. The Hall–Kier alpha value is -2.74. The number of carbonyl (C=O) groups is 1. The average Bonchev–Trinajstić information content (AvgIpc) is 3.17. The SMILES string of the molecule is COc1ccc(N(C(C)=O)c2nc(-c3cc4ccccc4nc3C)cs2)cn1.Cl.Cl. The summed E-state index contributed by atoms with van der Waals surface area (Å²) in [7, 11) is 1.55. The number of halogens is 2. The molecule has 0 N–H and O–H groups in total. The van der Waals surface area contributed by atoms with E-state index < -0.39 is 0 Å². The van der Waals surface area contributed by atoms with Crippen molar-refractivity contribution in [2.75, 3.05) is 12.0 Å². The van der Waals surface area contributed by atoms with Crippen molar-refractivity contribution in [2.45, 2.75) is 13.8 Å². The first kappa shape index (κ1) is 23.5. The van der Waals surface area contributed by atoms with Crippen molar-refractivity contribution in [3.05, 3.63) is 59.7 Å². The van der Waals surface area contributed by atoms with Gasteiger partial charge in [0.05, 0.1) is 30.2 Å². The van der Waals surface area contributed by atoms with Crippen LogP contribution in [0.5, 0.6) is 5.88 Å². The lowest BCUT2D eigenvalue weighted by Gasteiger charge is -2.17.